The number of rotatable bonds is 16. The molecule has 236 valence electrons. The number of carbonyl (C=O) groups excluding carboxylic acids is 4. The molecule has 1 saturated heterocycles. The normalized spacial score (nSPS) is 18.6. The number of benzene rings is 1. The van der Waals surface area contributed by atoms with Crippen molar-refractivity contribution < 1.29 is 37.9 Å². The molecular weight excluding hydrogens is 559 g/mol. The summed E-state index contributed by atoms with van der Waals surface area (Å²) < 4.78 is 23.6. The molecule has 2 amide bonds. The van der Waals surface area contributed by atoms with Crippen LogP contribution in [0.2, 0.25) is 0 Å². The van der Waals surface area contributed by atoms with Crippen molar-refractivity contribution >= 4 is 23.6 Å². The van der Waals surface area contributed by atoms with Crippen molar-refractivity contribution in [3.8, 4) is 0 Å². The molecule has 43 heavy (non-hydrogen) atoms. The second kappa shape index (κ2) is 16.3. The molecule has 12 heteroatoms. The lowest BCUT2D eigenvalue weighted by molar-refractivity contribution is -0.143. The molecule has 0 spiro atoms. The molecule has 2 heterocycles. The third-order valence-corrected chi connectivity index (χ3v) is 7.63. The average molecular weight is 603 g/mol. The molecule has 1 aromatic carbocycles. The summed E-state index contributed by atoms with van der Waals surface area (Å²) in [6.07, 6.45) is 0.762. The Morgan fingerprint density at radius 1 is 1.19 bits per heavy atom. The maximum absolute atomic E-state index is 13.8. The molecule has 0 bridgehead atoms. The molecule has 4 N–H and O–H groups in total. The van der Waals surface area contributed by atoms with Crippen LogP contribution in [0.5, 0.6) is 0 Å². The number of aliphatic hydroxyl groups excluding tert-OH is 1. The number of nitrogens with zero attached hydrogens (tertiary/aromatic N) is 1. The molecule has 1 aromatic heterocycles. The van der Waals surface area contributed by atoms with Crippen LogP contribution in [0.3, 0.4) is 0 Å². The van der Waals surface area contributed by atoms with E-state index in [0.717, 1.165) is 0 Å². The molecule has 1 aliphatic rings. The number of halogens is 1. The summed E-state index contributed by atoms with van der Waals surface area (Å²) in [4.78, 5) is 52.3. The van der Waals surface area contributed by atoms with Gasteiger partial charge in [0, 0.05) is 36.8 Å². The fourth-order valence-corrected chi connectivity index (χ4v) is 5.29. The summed E-state index contributed by atoms with van der Waals surface area (Å²) in [7, 11) is 0. The van der Waals surface area contributed by atoms with Crippen molar-refractivity contribution in [3.05, 3.63) is 53.2 Å². The molecule has 1 unspecified atom stereocenters. The van der Waals surface area contributed by atoms with Gasteiger partial charge in [0.05, 0.1) is 12.6 Å². The molecule has 0 aliphatic carbocycles. The van der Waals surface area contributed by atoms with E-state index in [4.69, 9.17) is 9.26 Å². The predicted octanol–water partition coefficient (Wildman–Crippen LogP) is 2.84. The fourth-order valence-electron chi connectivity index (χ4n) is 5.29. The first-order valence-electron chi connectivity index (χ1n) is 14.9. The van der Waals surface area contributed by atoms with Crippen molar-refractivity contribution in [3.63, 3.8) is 0 Å². The number of esters is 1. The Balaban J connectivity index is 1.79. The van der Waals surface area contributed by atoms with Gasteiger partial charge in [-0.15, -0.1) is 0 Å². The van der Waals surface area contributed by atoms with Crippen LogP contribution in [0.25, 0.3) is 0 Å². The number of carbonyl (C=O) groups is 4. The van der Waals surface area contributed by atoms with Crippen molar-refractivity contribution in [2.45, 2.75) is 84.5 Å². The highest BCUT2D eigenvalue weighted by atomic mass is 19.1. The number of ketones is 1. The Morgan fingerprint density at radius 2 is 1.91 bits per heavy atom. The number of ether oxygens (including phenoxy) is 1. The number of nitrogens with one attached hydrogen (secondary N) is 3. The van der Waals surface area contributed by atoms with Crippen LogP contribution in [0.1, 0.15) is 74.7 Å². The van der Waals surface area contributed by atoms with Gasteiger partial charge in [0.25, 0.3) is 5.91 Å². The van der Waals surface area contributed by atoms with Gasteiger partial charge in [-0.2, -0.15) is 0 Å². The minimum atomic E-state index is -0.896. The fraction of sp³-hybridized carbons (Fsp3) is 0.581. The van der Waals surface area contributed by atoms with Crippen LogP contribution in [0.4, 0.5) is 4.39 Å². The topological polar surface area (TPSA) is 160 Å². The lowest BCUT2D eigenvalue weighted by atomic mass is 9.87. The third-order valence-electron chi connectivity index (χ3n) is 7.63. The van der Waals surface area contributed by atoms with Gasteiger partial charge in [-0.05, 0) is 69.7 Å². The van der Waals surface area contributed by atoms with Gasteiger partial charge in [0.2, 0.25) is 5.91 Å². The van der Waals surface area contributed by atoms with Crippen LogP contribution in [0, 0.1) is 30.5 Å². The van der Waals surface area contributed by atoms with E-state index in [0.29, 0.717) is 37.1 Å². The zero-order chi connectivity index (χ0) is 31.5. The summed E-state index contributed by atoms with van der Waals surface area (Å²) in [6, 6.07) is 5.82. The second-order valence-corrected chi connectivity index (χ2v) is 11.4. The highest BCUT2D eigenvalue weighted by Gasteiger charge is 2.33. The molecule has 0 saturated carbocycles. The Kier molecular flexibility index (Phi) is 12.8. The van der Waals surface area contributed by atoms with Gasteiger partial charge in [0.15, 0.2) is 11.5 Å². The van der Waals surface area contributed by atoms with Gasteiger partial charge in [0.1, 0.15) is 17.8 Å². The number of aryl methyl sites for hydroxylation is 1. The Hall–Kier alpha value is -3.64. The molecule has 0 radical (unpaired) electrons. The molecule has 3 rings (SSSR count). The Bertz CT molecular complexity index is 1230. The summed E-state index contributed by atoms with van der Waals surface area (Å²) >= 11 is 0. The predicted molar refractivity (Wildman–Crippen MR) is 155 cm³/mol. The van der Waals surface area contributed by atoms with E-state index in [9.17, 15) is 28.7 Å². The highest BCUT2D eigenvalue weighted by molar-refractivity contribution is 5.97. The first-order valence-corrected chi connectivity index (χ1v) is 14.9. The van der Waals surface area contributed by atoms with E-state index < -0.39 is 41.9 Å². The van der Waals surface area contributed by atoms with E-state index in [1.807, 2.05) is 0 Å². The minimum Gasteiger partial charge on any atom is -0.466 e. The number of aliphatic hydroxyl groups is 1. The largest absolute Gasteiger partial charge is 0.466 e. The van der Waals surface area contributed by atoms with Gasteiger partial charge < -0.3 is 25.0 Å². The van der Waals surface area contributed by atoms with Gasteiger partial charge in [-0.1, -0.05) is 31.1 Å². The van der Waals surface area contributed by atoms with Gasteiger partial charge in [-0.25, -0.2) is 4.39 Å². The number of Topliss-reactive ketones (excluding diaryl/α,β-unsaturated/α-hetero) is 1. The van der Waals surface area contributed by atoms with Crippen LogP contribution >= 0.6 is 0 Å². The van der Waals surface area contributed by atoms with Crippen molar-refractivity contribution in [2.75, 3.05) is 13.2 Å². The first-order chi connectivity index (χ1) is 20.5. The lowest BCUT2D eigenvalue weighted by Gasteiger charge is -2.27. The van der Waals surface area contributed by atoms with Crippen LogP contribution in [-0.2, 0) is 25.5 Å². The number of aromatic nitrogens is 1. The number of hydrogen-bond donors (Lipinski definition) is 4. The van der Waals surface area contributed by atoms with Gasteiger partial charge >= 0.3 is 5.97 Å². The van der Waals surface area contributed by atoms with Gasteiger partial charge in [-0.3, -0.25) is 24.5 Å². The Morgan fingerprint density at radius 3 is 2.49 bits per heavy atom. The lowest BCUT2D eigenvalue weighted by Crippen LogP contribution is -2.47. The molecule has 2 aromatic rings. The zero-order valence-electron chi connectivity index (χ0n) is 25.2. The summed E-state index contributed by atoms with van der Waals surface area (Å²) in [5.41, 5.74) is 0.709. The van der Waals surface area contributed by atoms with Crippen molar-refractivity contribution in [2.24, 2.45) is 17.8 Å². The van der Waals surface area contributed by atoms with Crippen LogP contribution in [0.15, 0.2) is 34.9 Å². The van der Waals surface area contributed by atoms with E-state index in [2.05, 4.69) is 21.1 Å². The van der Waals surface area contributed by atoms with E-state index >= 15 is 0 Å². The van der Waals surface area contributed by atoms with E-state index in [1.165, 1.54) is 18.2 Å². The first kappa shape index (κ1) is 33.9. The zero-order valence-corrected chi connectivity index (χ0v) is 25.2. The molecule has 5 atom stereocenters. The number of hydrogen-bond acceptors (Lipinski definition) is 9. The molecule has 1 fully saturated rings. The number of amides is 2. The standard InChI is InChI=1S/C31H43FN4O7/c1-5-42-27(38)11-10-24(16-21-12-13-33-29(21)39)34-30(40)22(15-20-6-8-23(32)9-7-20)17-26(37)28(18(2)3)35-31(41)25-14-19(4)43-36-25/h6-9,14,18,21-22,24,28-29,33,39H,5,10-13,15-17H2,1-4H3,(H,34,40)(H,35,41)/t21-,22+,24+,28-,29?/m0/s1. The highest BCUT2D eigenvalue weighted by Crippen LogP contribution is 2.23. The van der Waals surface area contributed by atoms with Crippen molar-refractivity contribution in [1.82, 2.24) is 21.1 Å². The second-order valence-electron chi connectivity index (χ2n) is 11.4. The monoisotopic (exact) mass is 602 g/mol. The average Bonchev–Trinajstić information content (AvgIpc) is 3.58. The van der Waals surface area contributed by atoms with Crippen LogP contribution < -0.4 is 16.0 Å². The molecular formula is C31H43FN4O7. The summed E-state index contributed by atoms with van der Waals surface area (Å²) in [5, 5.41) is 22.7. The third kappa shape index (κ3) is 10.5. The maximum Gasteiger partial charge on any atom is 0.305 e. The quantitative estimate of drug-likeness (QED) is 0.212. The summed E-state index contributed by atoms with van der Waals surface area (Å²) in [5.74, 6) is -2.92. The molecule has 1 aliphatic heterocycles. The van der Waals surface area contributed by atoms with Crippen LogP contribution in [-0.4, -0.2) is 65.3 Å². The van der Waals surface area contributed by atoms with E-state index in [-0.39, 0.29) is 55.2 Å². The Labute approximate surface area is 251 Å². The minimum absolute atomic E-state index is 0.0459. The SMILES string of the molecule is CCOC(=O)CC[C@H](C[C@@H]1CCNC1O)NC(=O)[C@@H](CC(=O)[C@@H](NC(=O)c1cc(C)on1)C(C)C)Cc1ccc(F)cc1. The smallest absolute Gasteiger partial charge is 0.305 e. The summed E-state index contributed by atoms with van der Waals surface area (Å²) in [6.45, 7) is 7.83. The van der Waals surface area contributed by atoms with E-state index in [1.54, 1.807) is 39.8 Å². The maximum atomic E-state index is 13.8. The van der Waals surface area contributed by atoms with Crippen molar-refractivity contribution in [1.29, 1.82) is 0 Å². The molecule has 11 nitrogen and oxygen atoms in total.